The Morgan fingerprint density at radius 2 is 1.31 bits per heavy atom. The smallest absolute Gasteiger partial charge is 0.265 e. The average Bonchev–Trinajstić information content (AvgIpc) is 2.98. The second-order valence-corrected chi connectivity index (χ2v) is 14.6. The molecule has 3 heterocycles. The van der Waals surface area contributed by atoms with E-state index in [0.717, 1.165) is 6.42 Å². The number of ketones is 1. The molecule has 0 aromatic rings. The lowest BCUT2D eigenvalue weighted by Crippen LogP contribution is -2.60. The molecule has 15 atom stereocenters. The van der Waals surface area contributed by atoms with Crippen LogP contribution in [0.1, 0.15) is 68.2 Å². The van der Waals surface area contributed by atoms with Crippen LogP contribution in [0.2, 0.25) is 0 Å². The zero-order chi connectivity index (χ0) is 33.8. The number of nitrogens with one attached hydrogen (secondary N) is 1. The van der Waals surface area contributed by atoms with Crippen LogP contribution < -0.4 is 0 Å². The summed E-state index contributed by atoms with van der Waals surface area (Å²) in [7, 11) is 0. The Labute approximate surface area is 278 Å². The van der Waals surface area contributed by atoms with Gasteiger partial charge in [0.2, 0.25) is 12.2 Å². The zero-order valence-electron chi connectivity index (χ0n) is 26.7. The molecule has 3 fully saturated rings. The van der Waals surface area contributed by atoms with E-state index in [1.807, 2.05) is 34.6 Å². The summed E-state index contributed by atoms with van der Waals surface area (Å²) in [5, 5.41) is 15.8. The molecule has 0 aromatic carbocycles. The van der Waals surface area contributed by atoms with Gasteiger partial charge in [-0.2, -0.15) is 0 Å². The van der Waals surface area contributed by atoms with Gasteiger partial charge < -0.3 is 28.4 Å². The van der Waals surface area contributed by atoms with Gasteiger partial charge in [0.1, 0.15) is 12.1 Å². The number of alkyl halides is 3. The molecule has 14 nitrogen and oxygen atoms in total. The SMILES string of the molecule is CC[C@@H]1O[C@H](O[C@H]2[C@H](C)C(C)[C@H](O[C@@H]3[C@H](CC)O[C@H](OC(=N)C(Cl)(Cl)Cl)C(N=[N+]=[N-])[C@H]3C)O[C@H]2C(C)=O)C(N=[N+]=[N-])[C@@H](C)[C@@H]1C. The summed E-state index contributed by atoms with van der Waals surface area (Å²) in [6, 6.07) is -1.53. The van der Waals surface area contributed by atoms with Gasteiger partial charge in [-0.05, 0) is 54.5 Å². The van der Waals surface area contributed by atoms with Crippen LogP contribution in [0.3, 0.4) is 0 Å². The lowest BCUT2D eigenvalue weighted by molar-refractivity contribution is -0.332. The highest BCUT2D eigenvalue weighted by molar-refractivity contribution is 6.76. The number of halogens is 3. The van der Waals surface area contributed by atoms with E-state index in [0.29, 0.717) is 6.42 Å². The number of carbonyl (C=O) groups is 1. The molecule has 45 heavy (non-hydrogen) atoms. The first-order valence-corrected chi connectivity index (χ1v) is 16.4. The van der Waals surface area contributed by atoms with E-state index in [9.17, 15) is 15.9 Å². The van der Waals surface area contributed by atoms with Gasteiger partial charge in [-0.15, -0.1) is 0 Å². The molecule has 3 aliphatic rings. The van der Waals surface area contributed by atoms with Gasteiger partial charge >= 0.3 is 0 Å². The van der Waals surface area contributed by atoms with E-state index in [4.69, 9.17) is 68.6 Å². The molecule has 0 spiro atoms. The molecule has 0 aliphatic carbocycles. The first-order chi connectivity index (χ1) is 21.1. The fraction of sp³-hybridized carbons (Fsp3) is 0.929. The van der Waals surface area contributed by atoms with Crippen LogP contribution in [0.25, 0.3) is 20.9 Å². The number of nitrogens with zero attached hydrogens (tertiary/aromatic N) is 6. The Hall–Kier alpha value is -1.57. The largest absolute Gasteiger partial charge is 0.448 e. The van der Waals surface area contributed by atoms with Crippen molar-refractivity contribution in [2.75, 3.05) is 0 Å². The number of azide groups is 2. The quantitative estimate of drug-likeness (QED) is 0.0620. The predicted octanol–water partition coefficient (Wildman–Crippen LogP) is 7.24. The number of carbonyl (C=O) groups excluding carboxylic acids is 1. The van der Waals surface area contributed by atoms with E-state index >= 15 is 0 Å². The van der Waals surface area contributed by atoms with Crippen molar-refractivity contribution < 1.29 is 33.2 Å². The number of ether oxygens (including phenoxy) is 6. The molecule has 0 radical (unpaired) electrons. The summed E-state index contributed by atoms with van der Waals surface area (Å²) >= 11 is 17.4. The fourth-order valence-corrected chi connectivity index (χ4v) is 6.52. The van der Waals surface area contributed by atoms with Crippen molar-refractivity contribution >= 4 is 46.5 Å². The lowest BCUT2D eigenvalue weighted by Gasteiger charge is -2.50. The molecule has 1 N–H and O–H groups in total. The molecule has 0 saturated carbocycles. The Kier molecular flexibility index (Phi) is 13.5. The van der Waals surface area contributed by atoms with Crippen molar-refractivity contribution in [1.29, 1.82) is 5.41 Å². The van der Waals surface area contributed by atoms with Gasteiger partial charge in [-0.1, -0.05) is 93.5 Å². The number of hydrogen-bond acceptors (Lipinski definition) is 10. The molecule has 254 valence electrons. The third kappa shape index (κ3) is 8.48. The van der Waals surface area contributed by atoms with Gasteiger partial charge in [0, 0.05) is 15.7 Å². The minimum atomic E-state index is -2.14. The molecule has 3 rings (SSSR count). The topological polar surface area (TPSA) is 194 Å². The third-order valence-corrected chi connectivity index (χ3v) is 10.1. The molecule has 3 aliphatic heterocycles. The minimum Gasteiger partial charge on any atom is -0.448 e. The summed E-state index contributed by atoms with van der Waals surface area (Å²) < 4.78 is 35.1. The van der Waals surface area contributed by atoms with Crippen LogP contribution in [0.15, 0.2) is 10.2 Å². The van der Waals surface area contributed by atoms with Crippen LogP contribution in [-0.4, -0.2) is 76.9 Å². The lowest BCUT2D eigenvalue weighted by atomic mass is 9.80. The monoisotopic (exact) mass is 695 g/mol. The summed E-state index contributed by atoms with van der Waals surface area (Å²) in [5.41, 5.74) is 18.6. The Morgan fingerprint density at radius 3 is 1.82 bits per heavy atom. The van der Waals surface area contributed by atoms with Crippen LogP contribution in [-0.2, 0) is 33.2 Å². The molecule has 3 unspecified atom stereocenters. The maximum Gasteiger partial charge on any atom is 0.265 e. The molecule has 0 amide bonds. The molecular weight excluding hydrogens is 653 g/mol. The summed E-state index contributed by atoms with van der Waals surface area (Å²) in [6.45, 7) is 15.1. The third-order valence-electron chi connectivity index (χ3n) is 9.56. The second-order valence-electron chi connectivity index (χ2n) is 12.3. The van der Waals surface area contributed by atoms with Crippen LogP contribution in [0, 0.1) is 35.0 Å². The summed E-state index contributed by atoms with van der Waals surface area (Å²) in [6.07, 6.45) is -4.74. The van der Waals surface area contributed by atoms with E-state index in [2.05, 4.69) is 27.0 Å². The van der Waals surface area contributed by atoms with Crippen molar-refractivity contribution in [2.45, 2.75) is 133 Å². The number of Topliss-reactive ketones (excluding diaryl/α,β-unsaturated/α-hetero) is 1. The minimum absolute atomic E-state index is 0.0113. The van der Waals surface area contributed by atoms with E-state index in [-0.39, 0.29) is 35.6 Å². The molecule has 3 saturated heterocycles. The Bertz CT molecular complexity index is 1150. The van der Waals surface area contributed by atoms with Crippen LogP contribution in [0.4, 0.5) is 0 Å². The van der Waals surface area contributed by atoms with Crippen molar-refractivity contribution in [3.8, 4) is 0 Å². The van der Waals surface area contributed by atoms with Crippen molar-refractivity contribution in [3.63, 3.8) is 0 Å². The van der Waals surface area contributed by atoms with Crippen molar-refractivity contribution in [2.24, 2.45) is 39.8 Å². The highest BCUT2D eigenvalue weighted by Gasteiger charge is 2.52. The van der Waals surface area contributed by atoms with Gasteiger partial charge in [0.25, 0.3) is 3.79 Å². The molecule has 17 heteroatoms. The second kappa shape index (κ2) is 16.0. The van der Waals surface area contributed by atoms with Crippen LogP contribution in [0.5, 0.6) is 0 Å². The zero-order valence-corrected chi connectivity index (χ0v) is 29.0. The number of hydrogen-bond donors (Lipinski definition) is 1. The fourth-order valence-electron chi connectivity index (χ4n) is 6.38. The predicted molar refractivity (Wildman–Crippen MR) is 168 cm³/mol. The molecule has 0 aromatic heterocycles. The van der Waals surface area contributed by atoms with Gasteiger partial charge in [0.15, 0.2) is 18.4 Å². The summed E-state index contributed by atoms with van der Waals surface area (Å²) in [4.78, 5) is 19.0. The maximum atomic E-state index is 13.0. The van der Waals surface area contributed by atoms with Crippen molar-refractivity contribution in [3.05, 3.63) is 20.9 Å². The highest BCUT2D eigenvalue weighted by Crippen LogP contribution is 2.42. The average molecular weight is 697 g/mol. The number of rotatable bonds is 10. The van der Waals surface area contributed by atoms with E-state index < -0.39 is 71.0 Å². The molecule has 0 bridgehead atoms. The van der Waals surface area contributed by atoms with Crippen LogP contribution >= 0.6 is 34.8 Å². The highest BCUT2D eigenvalue weighted by atomic mass is 35.6. The Morgan fingerprint density at radius 1 is 0.778 bits per heavy atom. The van der Waals surface area contributed by atoms with Crippen molar-refractivity contribution in [1.82, 2.24) is 0 Å². The van der Waals surface area contributed by atoms with Gasteiger partial charge in [-0.25, -0.2) is 0 Å². The first-order valence-electron chi connectivity index (χ1n) is 15.3. The van der Waals surface area contributed by atoms with Gasteiger partial charge in [0.05, 0.1) is 30.5 Å². The maximum absolute atomic E-state index is 13.0. The van der Waals surface area contributed by atoms with E-state index in [1.54, 1.807) is 6.92 Å². The standard InChI is InChI=1S/C28H44Cl3N7O7/c1-9-17-11(3)12(4)19(35-37-33)25(40-17)43-22-13(5)14(6)24(44-23(22)16(8)39)42-21-15(7)20(36-38-34)26(41-18(21)10-2)45-27(32)28(29,30)31/h11-15,17-26,32H,9-10H2,1-8H3/t11-,12-,13+,14?,15+,17-,18-,19?,20?,21-,22-,23-,24+,25+,26+/m0/s1. The van der Waals surface area contributed by atoms with E-state index in [1.165, 1.54) is 6.92 Å². The normalized spacial score (nSPS) is 42.2. The summed E-state index contributed by atoms with van der Waals surface area (Å²) in [5.74, 6) is -1.83. The first kappa shape index (κ1) is 37.9. The molecular formula is C28H44Cl3N7O7. The van der Waals surface area contributed by atoms with Gasteiger partial charge in [-0.3, -0.25) is 10.2 Å². The Balaban J connectivity index is 1.84.